The van der Waals surface area contributed by atoms with Crippen molar-refractivity contribution in [3.8, 4) is 11.3 Å². The van der Waals surface area contributed by atoms with Crippen LogP contribution in [0.5, 0.6) is 0 Å². The first-order chi connectivity index (χ1) is 11.6. The molecule has 0 amide bonds. The van der Waals surface area contributed by atoms with Crippen molar-refractivity contribution in [1.29, 1.82) is 0 Å². The third-order valence-corrected chi connectivity index (χ3v) is 4.41. The largest absolute Gasteiger partial charge is 0.319 e. The predicted molar refractivity (Wildman–Crippen MR) is 92.7 cm³/mol. The zero-order chi connectivity index (χ0) is 16.8. The minimum absolute atomic E-state index is 0.157. The summed E-state index contributed by atoms with van der Waals surface area (Å²) in [5, 5.41) is 0.443. The summed E-state index contributed by atoms with van der Waals surface area (Å²) in [6, 6.07) is 10.1. The van der Waals surface area contributed by atoms with Gasteiger partial charge >= 0.3 is 0 Å². The summed E-state index contributed by atoms with van der Waals surface area (Å²) in [6.45, 7) is 6.02. The van der Waals surface area contributed by atoms with E-state index in [-0.39, 0.29) is 12.3 Å². The van der Waals surface area contributed by atoms with Crippen molar-refractivity contribution in [3.05, 3.63) is 47.4 Å². The number of benzene rings is 1. The van der Waals surface area contributed by atoms with Crippen LogP contribution in [-0.4, -0.2) is 20.8 Å². The van der Waals surface area contributed by atoms with Gasteiger partial charge in [0.15, 0.2) is 12.6 Å². The molecule has 0 unspecified atom stereocenters. The average Bonchev–Trinajstić information content (AvgIpc) is 2.89. The smallest absolute Gasteiger partial charge is 0.204 e. The first kappa shape index (κ1) is 15.6. The molecule has 5 nitrogen and oxygen atoms in total. The van der Waals surface area contributed by atoms with Gasteiger partial charge in [-0.3, -0.25) is 4.98 Å². The van der Waals surface area contributed by atoms with E-state index < -0.39 is 6.29 Å². The van der Waals surface area contributed by atoms with Gasteiger partial charge in [0.1, 0.15) is 5.52 Å². The molecule has 1 fully saturated rings. The number of hydrogen-bond acceptors (Lipinski definition) is 4. The molecule has 1 aliphatic rings. The highest BCUT2D eigenvalue weighted by Crippen LogP contribution is 2.39. The third-order valence-electron chi connectivity index (χ3n) is 4.15. The van der Waals surface area contributed by atoms with Gasteiger partial charge in [-0.25, -0.2) is 4.98 Å². The number of halogens is 1. The van der Waals surface area contributed by atoms with Crippen LogP contribution in [0.25, 0.3) is 22.3 Å². The molecule has 1 aliphatic heterocycles. The minimum atomic E-state index is -0.426. The number of ether oxygens (including phenoxy) is 2. The van der Waals surface area contributed by atoms with Crippen LogP contribution in [0.2, 0.25) is 5.28 Å². The summed E-state index contributed by atoms with van der Waals surface area (Å²) in [5.74, 6) is 0. The van der Waals surface area contributed by atoms with Crippen molar-refractivity contribution in [2.75, 3.05) is 0 Å². The summed E-state index contributed by atoms with van der Waals surface area (Å²) in [4.78, 5) is 9.21. The van der Waals surface area contributed by atoms with Gasteiger partial charge in [-0.1, -0.05) is 30.3 Å². The lowest BCUT2D eigenvalue weighted by atomic mass is 10.1. The van der Waals surface area contributed by atoms with Crippen molar-refractivity contribution in [2.45, 2.75) is 39.4 Å². The SMILES string of the molecule is CC1OC(c2cnc(-c3ccccc3)c3nc(Cl)n(C(C)C)c23)O1. The minimum Gasteiger partial charge on any atom is -0.319 e. The highest BCUT2D eigenvalue weighted by atomic mass is 35.5. The first-order valence-corrected chi connectivity index (χ1v) is 8.36. The Bertz CT molecular complexity index is 886. The van der Waals surface area contributed by atoms with Gasteiger partial charge in [0.2, 0.25) is 5.28 Å². The molecule has 3 heterocycles. The van der Waals surface area contributed by atoms with Crippen LogP contribution in [0.4, 0.5) is 0 Å². The first-order valence-electron chi connectivity index (χ1n) is 7.99. The summed E-state index contributed by atoms with van der Waals surface area (Å²) in [5.41, 5.74) is 4.35. The van der Waals surface area contributed by atoms with E-state index in [1.807, 2.05) is 41.8 Å². The lowest BCUT2D eigenvalue weighted by molar-refractivity contribution is -0.382. The van der Waals surface area contributed by atoms with E-state index in [1.54, 1.807) is 6.20 Å². The molecular weight excluding hydrogens is 326 g/mol. The molecule has 1 saturated heterocycles. The normalized spacial score (nSPS) is 20.5. The molecular formula is C18H18ClN3O2. The van der Waals surface area contributed by atoms with Crippen LogP contribution >= 0.6 is 11.6 Å². The number of rotatable bonds is 3. The topological polar surface area (TPSA) is 49.2 Å². The van der Waals surface area contributed by atoms with E-state index in [9.17, 15) is 0 Å². The third kappa shape index (κ3) is 2.40. The van der Waals surface area contributed by atoms with Crippen LogP contribution in [0.15, 0.2) is 36.5 Å². The van der Waals surface area contributed by atoms with Crippen molar-refractivity contribution in [3.63, 3.8) is 0 Å². The number of pyridine rings is 1. The second-order valence-electron chi connectivity index (χ2n) is 6.14. The van der Waals surface area contributed by atoms with E-state index >= 15 is 0 Å². The quantitative estimate of drug-likeness (QED) is 0.690. The monoisotopic (exact) mass is 343 g/mol. The summed E-state index contributed by atoms with van der Waals surface area (Å²) < 4.78 is 13.3. The maximum atomic E-state index is 6.43. The standard InChI is InChI=1S/C18H18ClN3O2/c1-10(2)22-16-13(17-23-11(3)24-17)9-20-14(15(16)21-18(22)19)12-7-5-4-6-8-12/h4-11,17H,1-3H3. The highest BCUT2D eigenvalue weighted by Gasteiger charge is 2.33. The zero-order valence-electron chi connectivity index (χ0n) is 13.7. The Balaban J connectivity index is 1.98. The Morgan fingerprint density at radius 2 is 1.88 bits per heavy atom. The number of fused-ring (bicyclic) bond motifs is 1. The molecule has 0 spiro atoms. The number of nitrogens with zero attached hydrogens (tertiary/aromatic N) is 3. The van der Waals surface area contributed by atoms with E-state index in [2.05, 4.69) is 23.8 Å². The molecule has 0 atom stereocenters. The molecule has 0 saturated carbocycles. The number of hydrogen-bond donors (Lipinski definition) is 0. The van der Waals surface area contributed by atoms with Crippen molar-refractivity contribution in [2.24, 2.45) is 0 Å². The van der Waals surface area contributed by atoms with Crippen LogP contribution in [0.3, 0.4) is 0 Å². The van der Waals surface area contributed by atoms with Crippen molar-refractivity contribution < 1.29 is 9.47 Å². The van der Waals surface area contributed by atoms with Crippen LogP contribution < -0.4 is 0 Å². The molecule has 0 aliphatic carbocycles. The molecule has 6 heteroatoms. The second kappa shape index (κ2) is 5.84. The van der Waals surface area contributed by atoms with Crippen molar-refractivity contribution >= 4 is 22.6 Å². The summed E-state index contributed by atoms with van der Waals surface area (Å²) in [7, 11) is 0. The molecule has 0 bridgehead atoms. The Morgan fingerprint density at radius 1 is 1.17 bits per heavy atom. The predicted octanol–water partition coefficient (Wildman–Crippen LogP) is 4.72. The van der Waals surface area contributed by atoms with E-state index in [1.165, 1.54) is 0 Å². The lowest BCUT2D eigenvalue weighted by Gasteiger charge is -2.34. The van der Waals surface area contributed by atoms with E-state index in [0.29, 0.717) is 5.28 Å². The molecule has 0 N–H and O–H groups in total. The maximum Gasteiger partial charge on any atom is 0.204 e. The molecule has 1 aromatic carbocycles. The summed E-state index contributed by atoms with van der Waals surface area (Å²) >= 11 is 6.43. The van der Waals surface area contributed by atoms with Gasteiger partial charge in [-0.15, -0.1) is 0 Å². The Hall–Kier alpha value is -1.95. The van der Waals surface area contributed by atoms with Gasteiger partial charge in [-0.2, -0.15) is 0 Å². The molecule has 3 aromatic rings. The van der Waals surface area contributed by atoms with E-state index in [0.717, 1.165) is 27.9 Å². The second-order valence-corrected chi connectivity index (χ2v) is 6.48. The fraction of sp³-hybridized carbons (Fsp3) is 0.333. The van der Waals surface area contributed by atoms with Crippen LogP contribution in [0, 0.1) is 0 Å². The summed E-state index contributed by atoms with van der Waals surface area (Å²) in [6.07, 6.45) is 1.17. The van der Waals surface area contributed by atoms with Gasteiger partial charge in [0.25, 0.3) is 0 Å². The Labute approximate surface area is 145 Å². The fourth-order valence-corrected chi connectivity index (χ4v) is 3.42. The number of aromatic nitrogens is 3. The van der Waals surface area contributed by atoms with Crippen LogP contribution in [-0.2, 0) is 9.47 Å². The zero-order valence-corrected chi connectivity index (χ0v) is 14.5. The molecule has 0 radical (unpaired) electrons. The van der Waals surface area contributed by atoms with E-state index in [4.69, 9.17) is 21.1 Å². The Morgan fingerprint density at radius 3 is 2.50 bits per heavy atom. The van der Waals surface area contributed by atoms with Crippen LogP contribution in [0.1, 0.15) is 38.7 Å². The van der Waals surface area contributed by atoms with Gasteiger partial charge in [0, 0.05) is 17.8 Å². The van der Waals surface area contributed by atoms with Gasteiger partial charge in [0.05, 0.1) is 16.8 Å². The lowest BCUT2D eigenvalue weighted by Crippen LogP contribution is -2.32. The molecule has 124 valence electrons. The maximum absolute atomic E-state index is 6.43. The number of imidazole rings is 1. The Kier molecular flexibility index (Phi) is 3.79. The van der Waals surface area contributed by atoms with Gasteiger partial charge in [-0.05, 0) is 32.4 Å². The highest BCUT2D eigenvalue weighted by molar-refractivity contribution is 6.29. The van der Waals surface area contributed by atoms with Gasteiger partial charge < -0.3 is 14.0 Å². The average molecular weight is 344 g/mol. The fourth-order valence-electron chi connectivity index (χ4n) is 3.06. The molecule has 4 rings (SSSR count). The van der Waals surface area contributed by atoms with Crippen molar-refractivity contribution in [1.82, 2.24) is 14.5 Å². The molecule has 24 heavy (non-hydrogen) atoms. The molecule has 2 aromatic heterocycles.